The molecular formula is C14H14ClN3O. The normalized spacial score (nSPS) is 10.2. The predicted molar refractivity (Wildman–Crippen MR) is 78.8 cm³/mol. The highest BCUT2D eigenvalue weighted by Crippen LogP contribution is 2.27. The number of primary amides is 1. The average molecular weight is 276 g/mol. The number of carbonyl (C=O) groups is 1. The third-order valence-corrected chi connectivity index (χ3v) is 3.01. The molecule has 0 saturated carbocycles. The molecule has 19 heavy (non-hydrogen) atoms. The molecule has 0 heterocycles. The molecule has 0 aliphatic heterocycles. The molecule has 0 radical (unpaired) electrons. The predicted octanol–water partition coefficient (Wildman–Crippen LogP) is 3.07. The van der Waals surface area contributed by atoms with Gasteiger partial charge in [-0.1, -0.05) is 17.7 Å². The Kier molecular flexibility index (Phi) is 3.62. The van der Waals surface area contributed by atoms with Gasteiger partial charge in [-0.15, -0.1) is 0 Å². The number of rotatable bonds is 3. The van der Waals surface area contributed by atoms with Crippen LogP contribution >= 0.6 is 11.6 Å². The first-order valence-corrected chi connectivity index (χ1v) is 6.07. The lowest BCUT2D eigenvalue weighted by Gasteiger charge is -2.13. The van der Waals surface area contributed by atoms with Crippen LogP contribution in [-0.2, 0) is 0 Å². The molecule has 0 aromatic heterocycles. The number of benzene rings is 2. The quantitative estimate of drug-likeness (QED) is 0.753. The minimum absolute atomic E-state index is 0.347. The van der Waals surface area contributed by atoms with Crippen molar-refractivity contribution in [1.82, 2.24) is 0 Å². The fraction of sp³-hybridized carbons (Fsp3) is 0.0714. The molecule has 0 aliphatic rings. The summed E-state index contributed by atoms with van der Waals surface area (Å²) < 4.78 is 0. The van der Waals surface area contributed by atoms with E-state index in [2.05, 4.69) is 5.32 Å². The zero-order chi connectivity index (χ0) is 14.0. The van der Waals surface area contributed by atoms with Crippen molar-refractivity contribution in [2.75, 3.05) is 11.1 Å². The van der Waals surface area contributed by atoms with Crippen LogP contribution in [0.25, 0.3) is 0 Å². The van der Waals surface area contributed by atoms with E-state index in [1.807, 2.05) is 13.0 Å². The van der Waals surface area contributed by atoms with Crippen LogP contribution in [0.5, 0.6) is 0 Å². The SMILES string of the molecule is Cc1ccc(Cl)cc1Nc1ccc(N)cc1C(N)=O. The van der Waals surface area contributed by atoms with Gasteiger partial charge in [0.1, 0.15) is 0 Å². The number of hydrogen-bond acceptors (Lipinski definition) is 3. The molecule has 2 rings (SSSR count). The van der Waals surface area contributed by atoms with Gasteiger partial charge in [0.25, 0.3) is 5.91 Å². The molecule has 4 nitrogen and oxygen atoms in total. The van der Waals surface area contributed by atoms with Gasteiger partial charge in [-0.25, -0.2) is 0 Å². The first-order valence-electron chi connectivity index (χ1n) is 5.70. The molecule has 5 N–H and O–H groups in total. The highest BCUT2D eigenvalue weighted by atomic mass is 35.5. The van der Waals surface area contributed by atoms with E-state index < -0.39 is 5.91 Å². The van der Waals surface area contributed by atoms with Crippen LogP contribution in [0.15, 0.2) is 36.4 Å². The monoisotopic (exact) mass is 275 g/mol. The van der Waals surface area contributed by atoms with Crippen molar-refractivity contribution in [3.63, 3.8) is 0 Å². The maximum absolute atomic E-state index is 11.4. The highest BCUT2D eigenvalue weighted by molar-refractivity contribution is 6.30. The number of aryl methyl sites for hydroxylation is 1. The zero-order valence-electron chi connectivity index (χ0n) is 10.4. The minimum Gasteiger partial charge on any atom is -0.399 e. The van der Waals surface area contributed by atoms with Crippen LogP contribution in [-0.4, -0.2) is 5.91 Å². The number of amides is 1. The van der Waals surface area contributed by atoms with Gasteiger partial charge in [-0.05, 0) is 42.8 Å². The van der Waals surface area contributed by atoms with Crippen molar-refractivity contribution in [1.29, 1.82) is 0 Å². The number of nitrogens with two attached hydrogens (primary N) is 2. The van der Waals surface area contributed by atoms with Crippen molar-refractivity contribution in [2.45, 2.75) is 6.92 Å². The first-order chi connectivity index (χ1) is 8.97. The highest BCUT2D eigenvalue weighted by Gasteiger charge is 2.10. The largest absolute Gasteiger partial charge is 0.399 e. The third kappa shape index (κ3) is 2.98. The van der Waals surface area contributed by atoms with Crippen molar-refractivity contribution < 1.29 is 4.79 Å². The van der Waals surface area contributed by atoms with Gasteiger partial charge in [-0.2, -0.15) is 0 Å². The lowest BCUT2D eigenvalue weighted by atomic mass is 10.1. The first kappa shape index (κ1) is 13.2. The molecule has 2 aromatic carbocycles. The van der Waals surface area contributed by atoms with Gasteiger partial charge in [0.15, 0.2) is 0 Å². The Morgan fingerprint density at radius 2 is 1.89 bits per heavy atom. The van der Waals surface area contributed by atoms with E-state index in [4.69, 9.17) is 23.1 Å². The lowest BCUT2D eigenvalue weighted by molar-refractivity contribution is 0.100. The summed E-state index contributed by atoms with van der Waals surface area (Å²) >= 11 is 5.96. The fourth-order valence-electron chi connectivity index (χ4n) is 1.75. The maximum Gasteiger partial charge on any atom is 0.250 e. The van der Waals surface area contributed by atoms with Gasteiger partial charge >= 0.3 is 0 Å². The molecule has 0 atom stereocenters. The summed E-state index contributed by atoms with van der Waals surface area (Å²) in [6.45, 7) is 1.94. The van der Waals surface area contributed by atoms with Crippen LogP contribution in [0.1, 0.15) is 15.9 Å². The summed E-state index contributed by atoms with van der Waals surface area (Å²) in [7, 11) is 0. The lowest BCUT2D eigenvalue weighted by Crippen LogP contribution is -2.14. The molecule has 0 saturated heterocycles. The topological polar surface area (TPSA) is 81.1 Å². The Labute approximate surface area is 116 Å². The van der Waals surface area contributed by atoms with E-state index in [0.717, 1.165) is 11.3 Å². The van der Waals surface area contributed by atoms with Gasteiger partial charge in [-0.3, -0.25) is 4.79 Å². The maximum atomic E-state index is 11.4. The Morgan fingerprint density at radius 3 is 2.58 bits per heavy atom. The van der Waals surface area contributed by atoms with Crippen molar-refractivity contribution in [2.24, 2.45) is 5.73 Å². The van der Waals surface area contributed by atoms with Crippen LogP contribution < -0.4 is 16.8 Å². The van der Waals surface area contributed by atoms with Crippen LogP contribution in [0.4, 0.5) is 17.1 Å². The summed E-state index contributed by atoms with van der Waals surface area (Å²) in [6, 6.07) is 10.5. The van der Waals surface area contributed by atoms with Crippen LogP contribution in [0.2, 0.25) is 5.02 Å². The zero-order valence-corrected chi connectivity index (χ0v) is 11.2. The Hall–Kier alpha value is -2.20. The van der Waals surface area contributed by atoms with Crippen LogP contribution in [0.3, 0.4) is 0 Å². The fourth-order valence-corrected chi connectivity index (χ4v) is 1.92. The molecule has 2 aromatic rings. The summed E-state index contributed by atoms with van der Waals surface area (Å²) in [5, 5.41) is 3.76. The second kappa shape index (κ2) is 5.20. The van der Waals surface area contributed by atoms with Gasteiger partial charge < -0.3 is 16.8 Å². The average Bonchev–Trinajstić information content (AvgIpc) is 2.35. The Bertz CT molecular complexity index is 641. The van der Waals surface area contributed by atoms with Crippen molar-refractivity contribution >= 4 is 34.6 Å². The number of hydrogen-bond donors (Lipinski definition) is 3. The Balaban J connectivity index is 2.43. The number of nitrogens with one attached hydrogen (secondary N) is 1. The van der Waals surface area contributed by atoms with Gasteiger partial charge in [0.2, 0.25) is 0 Å². The molecule has 1 amide bonds. The molecule has 0 unspecified atom stereocenters. The molecular weight excluding hydrogens is 262 g/mol. The Morgan fingerprint density at radius 1 is 1.16 bits per heavy atom. The van der Waals surface area contributed by atoms with E-state index in [-0.39, 0.29) is 0 Å². The molecule has 0 fully saturated rings. The molecule has 0 spiro atoms. The molecule has 0 aliphatic carbocycles. The molecule has 98 valence electrons. The van der Waals surface area contributed by atoms with Crippen LogP contribution in [0, 0.1) is 6.92 Å². The number of halogens is 1. The van der Waals surface area contributed by atoms with Gasteiger partial charge in [0, 0.05) is 16.4 Å². The smallest absolute Gasteiger partial charge is 0.250 e. The van der Waals surface area contributed by atoms with Gasteiger partial charge in [0.05, 0.1) is 11.3 Å². The van der Waals surface area contributed by atoms with Crippen molar-refractivity contribution in [3.05, 3.63) is 52.5 Å². The minimum atomic E-state index is -0.533. The van der Waals surface area contributed by atoms with E-state index in [9.17, 15) is 4.79 Å². The number of anilines is 3. The van der Waals surface area contributed by atoms with E-state index >= 15 is 0 Å². The van der Waals surface area contributed by atoms with Crippen molar-refractivity contribution in [3.8, 4) is 0 Å². The molecule has 0 bridgehead atoms. The summed E-state index contributed by atoms with van der Waals surface area (Å²) in [6.07, 6.45) is 0. The van der Waals surface area contributed by atoms with E-state index in [1.54, 1.807) is 30.3 Å². The number of carbonyl (C=O) groups excluding carboxylic acids is 1. The summed E-state index contributed by atoms with van der Waals surface area (Å²) in [5.41, 5.74) is 14.3. The second-order valence-corrected chi connectivity index (χ2v) is 4.69. The number of nitrogen functional groups attached to an aromatic ring is 1. The van der Waals surface area contributed by atoms with E-state index in [0.29, 0.717) is 22.0 Å². The summed E-state index contributed by atoms with van der Waals surface area (Å²) in [5.74, 6) is -0.533. The standard InChI is InChI=1S/C14H14ClN3O/c1-8-2-3-9(15)6-13(8)18-12-5-4-10(16)7-11(12)14(17)19/h2-7,18H,16H2,1H3,(H2,17,19). The van der Waals surface area contributed by atoms with E-state index in [1.165, 1.54) is 0 Å². The second-order valence-electron chi connectivity index (χ2n) is 4.25. The summed E-state index contributed by atoms with van der Waals surface area (Å²) in [4.78, 5) is 11.4. The molecule has 5 heteroatoms. The third-order valence-electron chi connectivity index (χ3n) is 2.78.